The highest BCUT2D eigenvalue weighted by Crippen LogP contribution is 2.16. The zero-order chi connectivity index (χ0) is 12.0. The van der Waals surface area contributed by atoms with Crippen LogP contribution in [0.25, 0.3) is 0 Å². The first kappa shape index (κ1) is 12.1. The molecule has 4 nitrogen and oxygen atoms in total. The van der Waals surface area contributed by atoms with Crippen molar-refractivity contribution in [3.63, 3.8) is 0 Å². The molecule has 1 unspecified atom stereocenters. The molecule has 1 aromatic rings. The van der Waals surface area contributed by atoms with Gasteiger partial charge < -0.3 is 14.6 Å². The Morgan fingerprint density at radius 1 is 1.31 bits per heavy atom. The largest absolute Gasteiger partial charge is 0.497 e. The van der Waals surface area contributed by atoms with E-state index in [0.29, 0.717) is 11.3 Å². The third-order valence-corrected chi connectivity index (χ3v) is 1.93. The van der Waals surface area contributed by atoms with Crippen LogP contribution >= 0.6 is 0 Å². The summed E-state index contributed by atoms with van der Waals surface area (Å²) in [5.41, 5.74) is 0.595. The Labute approximate surface area is 93.8 Å². The predicted molar refractivity (Wildman–Crippen MR) is 57.7 cm³/mol. The summed E-state index contributed by atoms with van der Waals surface area (Å²) in [6, 6.07) is 6.77. The van der Waals surface area contributed by atoms with Crippen LogP contribution in [-0.2, 0) is 9.53 Å². The van der Waals surface area contributed by atoms with Gasteiger partial charge in [0.05, 0.1) is 14.2 Å². The molecule has 0 spiro atoms. The summed E-state index contributed by atoms with van der Waals surface area (Å²) >= 11 is 0. The molecule has 0 heterocycles. The van der Waals surface area contributed by atoms with Gasteiger partial charge in [0.25, 0.3) is 0 Å². The SMILES string of the molecule is COC(=O)C#CC(O)c1ccc(OC)cc1. The standard InChI is InChI=1S/C12H12O4/c1-15-10-5-3-9(4-6-10)11(13)7-8-12(14)16-2/h3-6,11,13H,1-2H3. The first-order valence-corrected chi connectivity index (χ1v) is 4.59. The molecule has 0 bridgehead atoms. The van der Waals surface area contributed by atoms with E-state index < -0.39 is 12.1 Å². The second-order valence-electron chi connectivity index (χ2n) is 2.94. The van der Waals surface area contributed by atoms with Crippen molar-refractivity contribution in [3.8, 4) is 17.6 Å². The molecular formula is C12H12O4. The van der Waals surface area contributed by atoms with Crippen LogP contribution in [-0.4, -0.2) is 25.3 Å². The number of esters is 1. The lowest BCUT2D eigenvalue weighted by Crippen LogP contribution is -1.98. The average Bonchev–Trinajstić information content (AvgIpc) is 2.35. The minimum atomic E-state index is -1.01. The van der Waals surface area contributed by atoms with E-state index >= 15 is 0 Å². The summed E-state index contributed by atoms with van der Waals surface area (Å²) in [6.45, 7) is 0. The van der Waals surface area contributed by atoms with Gasteiger partial charge in [0.2, 0.25) is 0 Å². The lowest BCUT2D eigenvalue weighted by atomic mass is 10.1. The summed E-state index contributed by atoms with van der Waals surface area (Å²) in [6.07, 6.45) is -1.01. The van der Waals surface area contributed by atoms with Crippen molar-refractivity contribution in [3.05, 3.63) is 29.8 Å². The highest BCUT2D eigenvalue weighted by molar-refractivity contribution is 5.88. The van der Waals surface area contributed by atoms with Crippen LogP contribution in [0.5, 0.6) is 5.75 Å². The maximum absolute atomic E-state index is 10.7. The summed E-state index contributed by atoms with van der Waals surface area (Å²) in [4.78, 5) is 10.7. The molecule has 0 radical (unpaired) electrons. The monoisotopic (exact) mass is 220 g/mol. The van der Waals surface area contributed by atoms with Crippen molar-refractivity contribution in [2.24, 2.45) is 0 Å². The van der Waals surface area contributed by atoms with Gasteiger partial charge in [-0.05, 0) is 17.7 Å². The topological polar surface area (TPSA) is 55.8 Å². The van der Waals surface area contributed by atoms with E-state index in [1.165, 1.54) is 7.11 Å². The van der Waals surface area contributed by atoms with Crippen molar-refractivity contribution >= 4 is 5.97 Å². The Balaban J connectivity index is 2.75. The van der Waals surface area contributed by atoms with Crippen LogP contribution in [0.3, 0.4) is 0 Å². The number of hydrogen-bond donors (Lipinski definition) is 1. The molecule has 0 aliphatic carbocycles. The van der Waals surface area contributed by atoms with Crippen LogP contribution in [0.4, 0.5) is 0 Å². The first-order valence-electron chi connectivity index (χ1n) is 4.59. The molecule has 0 amide bonds. The third-order valence-electron chi connectivity index (χ3n) is 1.93. The van der Waals surface area contributed by atoms with Gasteiger partial charge in [-0.3, -0.25) is 0 Å². The Bertz CT molecular complexity index is 411. The number of methoxy groups -OCH3 is 2. The van der Waals surface area contributed by atoms with Gasteiger partial charge >= 0.3 is 5.97 Å². The second kappa shape index (κ2) is 5.79. The molecule has 0 aliphatic rings. The van der Waals surface area contributed by atoms with E-state index in [1.807, 2.05) is 0 Å². The summed E-state index contributed by atoms with van der Waals surface area (Å²) in [5.74, 6) is 4.56. The highest BCUT2D eigenvalue weighted by Gasteiger charge is 2.03. The maximum Gasteiger partial charge on any atom is 0.384 e. The van der Waals surface area contributed by atoms with Gasteiger partial charge in [-0.25, -0.2) is 4.79 Å². The number of hydrogen-bond acceptors (Lipinski definition) is 4. The molecule has 1 N–H and O–H groups in total. The van der Waals surface area contributed by atoms with Gasteiger partial charge in [0, 0.05) is 5.92 Å². The minimum Gasteiger partial charge on any atom is -0.497 e. The van der Waals surface area contributed by atoms with Crippen LogP contribution in [0.15, 0.2) is 24.3 Å². The molecule has 0 aromatic heterocycles. The number of carbonyl (C=O) groups is 1. The third kappa shape index (κ3) is 3.30. The molecule has 0 fully saturated rings. The van der Waals surface area contributed by atoms with E-state index in [2.05, 4.69) is 16.6 Å². The molecule has 0 saturated carbocycles. The van der Waals surface area contributed by atoms with Crippen molar-refractivity contribution in [2.45, 2.75) is 6.10 Å². The van der Waals surface area contributed by atoms with Crippen molar-refractivity contribution < 1.29 is 19.4 Å². The lowest BCUT2D eigenvalue weighted by Gasteiger charge is -2.04. The smallest absolute Gasteiger partial charge is 0.384 e. The first-order chi connectivity index (χ1) is 7.67. The molecule has 16 heavy (non-hydrogen) atoms. The molecule has 0 aliphatic heterocycles. The molecule has 0 saturated heterocycles. The molecule has 4 heteroatoms. The number of ether oxygens (including phenoxy) is 2. The molecule has 1 atom stereocenters. The van der Waals surface area contributed by atoms with E-state index in [-0.39, 0.29) is 0 Å². The molecular weight excluding hydrogens is 208 g/mol. The normalized spacial score (nSPS) is 10.9. The van der Waals surface area contributed by atoms with Crippen LogP contribution in [0.1, 0.15) is 11.7 Å². The number of carbonyl (C=O) groups excluding carboxylic acids is 1. The zero-order valence-electron chi connectivity index (χ0n) is 9.06. The summed E-state index contributed by atoms with van der Waals surface area (Å²) < 4.78 is 9.30. The van der Waals surface area contributed by atoms with Crippen LogP contribution < -0.4 is 4.74 Å². The predicted octanol–water partition coefficient (Wildman–Crippen LogP) is 0.905. The number of benzene rings is 1. The van der Waals surface area contributed by atoms with Gasteiger partial charge in [-0.15, -0.1) is 0 Å². The summed E-state index contributed by atoms with van der Waals surface area (Å²) in [5, 5.41) is 9.61. The molecule has 1 rings (SSSR count). The summed E-state index contributed by atoms with van der Waals surface area (Å²) in [7, 11) is 2.79. The van der Waals surface area contributed by atoms with E-state index in [0.717, 1.165) is 0 Å². The Kier molecular flexibility index (Phi) is 4.37. The van der Waals surface area contributed by atoms with E-state index in [1.54, 1.807) is 31.4 Å². The fraction of sp³-hybridized carbons (Fsp3) is 0.250. The fourth-order valence-corrected chi connectivity index (χ4v) is 1.05. The number of aliphatic hydroxyl groups excluding tert-OH is 1. The van der Waals surface area contributed by atoms with Gasteiger partial charge in [0.15, 0.2) is 0 Å². The average molecular weight is 220 g/mol. The highest BCUT2D eigenvalue weighted by atomic mass is 16.5. The second-order valence-corrected chi connectivity index (χ2v) is 2.94. The Hall–Kier alpha value is -1.99. The van der Waals surface area contributed by atoms with Crippen LogP contribution in [0.2, 0.25) is 0 Å². The van der Waals surface area contributed by atoms with E-state index in [9.17, 15) is 9.90 Å². The minimum absolute atomic E-state index is 0.595. The quantitative estimate of drug-likeness (QED) is 0.457. The van der Waals surface area contributed by atoms with Gasteiger partial charge in [-0.1, -0.05) is 18.1 Å². The molecule has 84 valence electrons. The molecule has 1 aromatic carbocycles. The zero-order valence-corrected chi connectivity index (χ0v) is 9.06. The number of aliphatic hydroxyl groups is 1. The Morgan fingerprint density at radius 3 is 2.44 bits per heavy atom. The van der Waals surface area contributed by atoms with Gasteiger partial charge in [-0.2, -0.15) is 0 Å². The fourth-order valence-electron chi connectivity index (χ4n) is 1.05. The maximum atomic E-state index is 10.7. The van der Waals surface area contributed by atoms with Gasteiger partial charge in [0.1, 0.15) is 11.9 Å². The van der Waals surface area contributed by atoms with Crippen molar-refractivity contribution in [2.75, 3.05) is 14.2 Å². The number of rotatable bonds is 2. The lowest BCUT2D eigenvalue weighted by molar-refractivity contribution is -0.133. The van der Waals surface area contributed by atoms with E-state index in [4.69, 9.17) is 4.74 Å². The van der Waals surface area contributed by atoms with Crippen LogP contribution in [0, 0.1) is 11.8 Å². The van der Waals surface area contributed by atoms with Crippen molar-refractivity contribution in [1.29, 1.82) is 0 Å². The Morgan fingerprint density at radius 2 is 1.94 bits per heavy atom. The van der Waals surface area contributed by atoms with Crippen molar-refractivity contribution in [1.82, 2.24) is 0 Å².